The lowest BCUT2D eigenvalue weighted by atomic mass is 10.1. The monoisotopic (exact) mass is 352 g/mol. The van der Waals surface area contributed by atoms with Gasteiger partial charge in [0.25, 0.3) is 0 Å². The Kier molecular flexibility index (Phi) is 6.66. The van der Waals surface area contributed by atoms with Crippen LogP contribution >= 0.6 is 11.3 Å². The number of hydrogen-bond donors (Lipinski definition) is 2. The molecule has 2 rings (SSSR count). The molecule has 0 aliphatic rings. The predicted octanol–water partition coefficient (Wildman–Crippen LogP) is 3.45. The van der Waals surface area contributed by atoms with E-state index in [2.05, 4.69) is 27.5 Å². The topological polar surface area (TPSA) is 49.3 Å². The molecule has 4 nitrogen and oxygen atoms in total. The van der Waals surface area contributed by atoms with Crippen LogP contribution in [-0.4, -0.2) is 24.5 Å². The van der Waals surface area contributed by atoms with E-state index in [1.807, 2.05) is 6.20 Å². The van der Waals surface area contributed by atoms with Gasteiger partial charge in [-0.15, -0.1) is 11.3 Å². The highest BCUT2D eigenvalue weighted by Crippen LogP contribution is 2.17. The first-order valence-electron chi connectivity index (χ1n) is 7.89. The molecule has 0 radical (unpaired) electrons. The molecule has 1 atom stereocenters. The Bertz CT molecular complexity index is 700. The number of nitrogens with zero attached hydrogens (tertiary/aromatic N) is 2. The van der Waals surface area contributed by atoms with Crippen LogP contribution in [0.4, 0.5) is 8.78 Å². The Morgan fingerprint density at radius 1 is 1.38 bits per heavy atom. The van der Waals surface area contributed by atoms with E-state index < -0.39 is 11.6 Å². The van der Waals surface area contributed by atoms with Gasteiger partial charge in [0, 0.05) is 42.7 Å². The molecule has 0 amide bonds. The molecule has 24 heavy (non-hydrogen) atoms. The van der Waals surface area contributed by atoms with E-state index in [9.17, 15) is 8.78 Å². The van der Waals surface area contributed by atoms with Crippen molar-refractivity contribution in [2.75, 3.05) is 13.6 Å². The summed E-state index contributed by atoms with van der Waals surface area (Å²) in [4.78, 5) is 9.78. The molecule has 0 aliphatic carbocycles. The number of halogens is 2. The van der Waals surface area contributed by atoms with Crippen LogP contribution in [0.25, 0.3) is 0 Å². The van der Waals surface area contributed by atoms with Crippen molar-refractivity contribution in [3.05, 3.63) is 51.5 Å². The Morgan fingerprint density at radius 3 is 2.79 bits per heavy atom. The zero-order valence-corrected chi connectivity index (χ0v) is 14.9. The number of aliphatic imine (C=N–C) groups is 1. The fourth-order valence-electron chi connectivity index (χ4n) is 2.25. The predicted molar refractivity (Wildman–Crippen MR) is 94.5 cm³/mol. The van der Waals surface area contributed by atoms with Crippen molar-refractivity contribution in [3.63, 3.8) is 0 Å². The van der Waals surface area contributed by atoms with Gasteiger partial charge in [-0.2, -0.15) is 0 Å². The van der Waals surface area contributed by atoms with Crippen LogP contribution in [0.1, 0.15) is 35.3 Å². The highest BCUT2D eigenvalue weighted by molar-refractivity contribution is 7.11. The molecular formula is C17H22F2N4S. The van der Waals surface area contributed by atoms with E-state index in [1.54, 1.807) is 25.3 Å². The van der Waals surface area contributed by atoms with Crippen LogP contribution < -0.4 is 10.6 Å². The molecule has 0 saturated carbocycles. The van der Waals surface area contributed by atoms with Crippen LogP contribution in [0.5, 0.6) is 0 Å². The minimum absolute atomic E-state index is 0.330. The fraction of sp³-hybridized carbons (Fsp3) is 0.412. The Labute approximate surface area is 145 Å². The molecule has 130 valence electrons. The summed E-state index contributed by atoms with van der Waals surface area (Å²) in [7, 11) is 1.65. The number of benzene rings is 1. The fourth-order valence-corrected chi connectivity index (χ4v) is 3.11. The maximum absolute atomic E-state index is 13.8. The van der Waals surface area contributed by atoms with E-state index in [0.717, 1.165) is 23.9 Å². The molecule has 0 fully saturated rings. The summed E-state index contributed by atoms with van der Waals surface area (Å²) in [6.07, 6.45) is 3.70. The zero-order chi connectivity index (χ0) is 17.5. The lowest BCUT2D eigenvalue weighted by molar-refractivity contribution is 0.551. The van der Waals surface area contributed by atoms with Gasteiger partial charge < -0.3 is 10.6 Å². The molecule has 2 N–H and O–H groups in total. The maximum Gasteiger partial charge on any atom is 0.191 e. The minimum atomic E-state index is -0.583. The third kappa shape index (κ3) is 4.99. The first-order chi connectivity index (χ1) is 11.5. The lowest BCUT2D eigenvalue weighted by Gasteiger charge is -2.18. The van der Waals surface area contributed by atoms with E-state index in [0.29, 0.717) is 18.1 Å². The highest BCUT2D eigenvalue weighted by Gasteiger charge is 2.13. The SMILES string of the molecule is CCc1cnc(CCNC(=NC)NC(C)c2ccc(F)cc2F)s1. The van der Waals surface area contributed by atoms with Crippen molar-refractivity contribution in [3.8, 4) is 0 Å². The summed E-state index contributed by atoms with van der Waals surface area (Å²) in [5.74, 6) is -0.584. The number of aryl methyl sites for hydroxylation is 1. The number of thiazole rings is 1. The van der Waals surface area contributed by atoms with Crippen LogP contribution in [0, 0.1) is 11.6 Å². The molecule has 1 aromatic heterocycles. The third-order valence-electron chi connectivity index (χ3n) is 3.59. The van der Waals surface area contributed by atoms with Gasteiger partial charge in [0.1, 0.15) is 11.6 Å². The van der Waals surface area contributed by atoms with Crippen molar-refractivity contribution in [1.82, 2.24) is 15.6 Å². The van der Waals surface area contributed by atoms with Crippen molar-refractivity contribution >= 4 is 17.3 Å². The second kappa shape index (κ2) is 8.73. The Balaban J connectivity index is 1.87. The highest BCUT2D eigenvalue weighted by atomic mass is 32.1. The molecule has 0 saturated heterocycles. The van der Waals surface area contributed by atoms with Crippen molar-refractivity contribution in [2.24, 2.45) is 4.99 Å². The Hall–Kier alpha value is -2.02. The van der Waals surface area contributed by atoms with E-state index in [-0.39, 0.29) is 6.04 Å². The van der Waals surface area contributed by atoms with Gasteiger partial charge >= 0.3 is 0 Å². The number of hydrogen-bond acceptors (Lipinski definition) is 3. The number of guanidine groups is 1. The molecule has 0 bridgehead atoms. The molecule has 0 aliphatic heterocycles. The van der Waals surface area contributed by atoms with Gasteiger partial charge in [-0.1, -0.05) is 13.0 Å². The van der Waals surface area contributed by atoms with Gasteiger partial charge in [0.2, 0.25) is 0 Å². The normalized spacial score (nSPS) is 13.0. The number of rotatable bonds is 6. The Morgan fingerprint density at radius 2 is 2.17 bits per heavy atom. The second-order valence-corrected chi connectivity index (χ2v) is 6.55. The van der Waals surface area contributed by atoms with Crippen molar-refractivity contribution < 1.29 is 8.78 Å². The number of aromatic nitrogens is 1. The van der Waals surface area contributed by atoms with E-state index >= 15 is 0 Å². The van der Waals surface area contributed by atoms with Gasteiger partial charge in [-0.05, 0) is 19.4 Å². The van der Waals surface area contributed by atoms with E-state index in [4.69, 9.17) is 0 Å². The van der Waals surface area contributed by atoms with Gasteiger partial charge in [-0.25, -0.2) is 13.8 Å². The first-order valence-corrected chi connectivity index (χ1v) is 8.70. The quantitative estimate of drug-likeness (QED) is 0.618. The molecular weight excluding hydrogens is 330 g/mol. The maximum atomic E-state index is 13.8. The van der Waals surface area contributed by atoms with Gasteiger partial charge in [0.15, 0.2) is 5.96 Å². The van der Waals surface area contributed by atoms with Crippen LogP contribution in [0.15, 0.2) is 29.4 Å². The summed E-state index contributed by atoms with van der Waals surface area (Å²) in [6, 6.07) is 3.25. The van der Waals surface area contributed by atoms with Crippen molar-refractivity contribution in [1.29, 1.82) is 0 Å². The van der Waals surface area contributed by atoms with Crippen LogP contribution in [0.2, 0.25) is 0 Å². The second-order valence-electron chi connectivity index (χ2n) is 5.35. The van der Waals surface area contributed by atoms with E-state index in [1.165, 1.54) is 17.0 Å². The summed E-state index contributed by atoms with van der Waals surface area (Å²) in [5, 5.41) is 7.37. The summed E-state index contributed by atoms with van der Waals surface area (Å²) in [6.45, 7) is 4.59. The molecule has 0 spiro atoms. The minimum Gasteiger partial charge on any atom is -0.356 e. The molecule has 1 unspecified atom stereocenters. The number of nitrogens with one attached hydrogen (secondary N) is 2. The lowest BCUT2D eigenvalue weighted by Crippen LogP contribution is -2.39. The standard InChI is InChI=1S/C17H22F2N4S/c1-4-13-10-22-16(24-13)7-8-21-17(20-3)23-11(2)14-6-5-12(18)9-15(14)19/h5-6,9-11H,4,7-8H2,1-3H3,(H2,20,21,23). The first kappa shape index (κ1) is 18.3. The zero-order valence-electron chi connectivity index (χ0n) is 14.1. The van der Waals surface area contributed by atoms with Gasteiger partial charge in [-0.3, -0.25) is 4.99 Å². The van der Waals surface area contributed by atoms with Gasteiger partial charge in [0.05, 0.1) is 11.0 Å². The smallest absolute Gasteiger partial charge is 0.191 e. The summed E-state index contributed by atoms with van der Waals surface area (Å²) in [5.41, 5.74) is 0.395. The van der Waals surface area contributed by atoms with Crippen molar-refractivity contribution in [2.45, 2.75) is 32.7 Å². The van der Waals surface area contributed by atoms with Crippen LogP contribution in [-0.2, 0) is 12.8 Å². The summed E-state index contributed by atoms with van der Waals surface area (Å²) < 4.78 is 26.8. The molecule has 1 aromatic carbocycles. The average Bonchev–Trinajstić information content (AvgIpc) is 3.01. The summed E-state index contributed by atoms with van der Waals surface area (Å²) >= 11 is 1.71. The third-order valence-corrected chi connectivity index (χ3v) is 4.79. The molecule has 1 heterocycles. The molecule has 7 heteroatoms. The average molecular weight is 352 g/mol. The largest absolute Gasteiger partial charge is 0.356 e. The molecule has 2 aromatic rings. The van der Waals surface area contributed by atoms with Crippen LogP contribution in [0.3, 0.4) is 0 Å².